The van der Waals surface area contributed by atoms with Gasteiger partial charge in [0.1, 0.15) is 0 Å². The highest BCUT2D eigenvalue weighted by atomic mass is 16.7. The number of ether oxygens (including phenoxy) is 3. The Morgan fingerprint density at radius 2 is 1.73 bits per heavy atom. The minimum atomic E-state index is -0.673. The fourth-order valence-corrected chi connectivity index (χ4v) is 0.827. The van der Waals surface area contributed by atoms with Crippen LogP contribution in [-0.2, 0) is 19.0 Å². The molecule has 0 fully saturated rings. The molecule has 0 saturated heterocycles. The van der Waals surface area contributed by atoms with Crippen LogP contribution in [0.1, 0.15) is 19.3 Å². The molecule has 0 aromatic rings. The monoisotopic (exact) mass is 216 g/mol. The summed E-state index contributed by atoms with van der Waals surface area (Å²) in [5.41, 5.74) is 0. The molecule has 0 heterocycles. The Morgan fingerprint density at radius 3 is 2.27 bits per heavy atom. The van der Waals surface area contributed by atoms with Gasteiger partial charge in [0, 0.05) is 6.08 Å². The molecule has 0 N–H and O–H groups in total. The number of unbranched alkanes of at least 4 members (excludes halogenated alkanes) is 2. The molecule has 0 aromatic carbocycles. The van der Waals surface area contributed by atoms with Gasteiger partial charge in [0.15, 0.2) is 0 Å². The van der Waals surface area contributed by atoms with E-state index in [0.717, 1.165) is 25.3 Å². The predicted octanol–water partition coefficient (Wildman–Crippen LogP) is 1.67. The van der Waals surface area contributed by atoms with Crippen molar-refractivity contribution in [1.29, 1.82) is 0 Å². The summed E-state index contributed by atoms with van der Waals surface area (Å²) in [6, 6.07) is 0. The lowest BCUT2D eigenvalue weighted by atomic mass is 10.2. The molecule has 86 valence electrons. The van der Waals surface area contributed by atoms with Crippen LogP contribution in [0.3, 0.4) is 0 Å². The van der Waals surface area contributed by atoms with Gasteiger partial charge in [-0.1, -0.05) is 6.58 Å². The normalized spacial score (nSPS) is 9.13. The molecule has 0 aromatic heterocycles. The SMILES string of the molecule is C=CC(=O)OCCCCCOC(=O)OC. The Hall–Kier alpha value is -1.52. The van der Waals surface area contributed by atoms with Gasteiger partial charge in [0.25, 0.3) is 0 Å². The number of methoxy groups -OCH3 is 1. The first-order valence-corrected chi connectivity index (χ1v) is 4.70. The molecule has 0 spiro atoms. The van der Waals surface area contributed by atoms with Crippen molar-refractivity contribution < 1.29 is 23.8 Å². The van der Waals surface area contributed by atoms with Gasteiger partial charge in [-0.3, -0.25) is 0 Å². The third-order valence-electron chi connectivity index (χ3n) is 1.59. The standard InChI is InChI=1S/C10H16O5/c1-3-9(11)14-7-5-4-6-8-15-10(12)13-2/h3H,1,4-8H2,2H3. The summed E-state index contributed by atoms with van der Waals surface area (Å²) in [5, 5.41) is 0. The van der Waals surface area contributed by atoms with Gasteiger partial charge in [-0.2, -0.15) is 0 Å². The van der Waals surface area contributed by atoms with Gasteiger partial charge in [0.05, 0.1) is 20.3 Å². The number of rotatable bonds is 7. The Kier molecular flexibility index (Phi) is 8.13. The van der Waals surface area contributed by atoms with Crippen molar-refractivity contribution >= 4 is 12.1 Å². The van der Waals surface area contributed by atoms with Crippen LogP contribution in [0.25, 0.3) is 0 Å². The van der Waals surface area contributed by atoms with E-state index in [9.17, 15) is 9.59 Å². The maximum absolute atomic E-state index is 10.6. The largest absolute Gasteiger partial charge is 0.507 e. The van der Waals surface area contributed by atoms with Crippen molar-refractivity contribution in [2.45, 2.75) is 19.3 Å². The molecule has 0 amide bonds. The van der Waals surface area contributed by atoms with Gasteiger partial charge in [-0.05, 0) is 19.3 Å². The van der Waals surface area contributed by atoms with Gasteiger partial charge in [0.2, 0.25) is 0 Å². The van der Waals surface area contributed by atoms with E-state index in [1.807, 2.05) is 0 Å². The lowest BCUT2D eigenvalue weighted by Gasteiger charge is -2.03. The number of carbonyl (C=O) groups excluding carboxylic acids is 2. The number of hydrogen-bond acceptors (Lipinski definition) is 5. The molecule has 5 nitrogen and oxygen atoms in total. The van der Waals surface area contributed by atoms with Gasteiger partial charge < -0.3 is 14.2 Å². The summed E-state index contributed by atoms with van der Waals surface area (Å²) >= 11 is 0. The summed E-state index contributed by atoms with van der Waals surface area (Å²) < 4.78 is 13.7. The first-order valence-electron chi connectivity index (χ1n) is 4.70. The molecule has 0 radical (unpaired) electrons. The molecule has 0 rings (SSSR count). The van der Waals surface area contributed by atoms with Crippen LogP contribution in [0.15, 0.2) is 12.7 Å². The van der Waals surface area contributed by atoms with Gasteiger partial charge >= 0.3 is 12.1 Å². The van der Waals surface area contributed by atoms with E-state index in [4.69, 9.17) is 4.74 Å². The first kappa shape index (κ1) is 13.5. The average molecular weight is 216 g/mol. The fraction of sp³-hybridized carbons (Fsp3) is 0.600. The molecule has 5 heteroatoms. The van der Waals surface area contributed by atoms with E-state index in [1.54, 1.807) is 0 Å². The van der Waals surface area contributed by atoms with Crippen molar-refractivity contribution in [3.8, 4) is 0 Å². The number of hydrogen-bond donors (Lipinski definition) is 0. The van der Waals surface area contributed by atoms with Gasteiger partial charge in [-0.15, -0.1) is 0 Å². The third kappa shape index (κ3) is 8.80. The zero-order chi connectivity index (χ0) is 11.5. The third-order valence-corrected chi connectivity index (χ3v) is 1.59. The predicted molar refractivity (Wildman–Crippen MR) is 53.4 cm³/mol. The molecule has 0 aliphatic heterocycles. The smallest absolute Gasteiger partial charge is 0.463 e. The number of carbonyl (C=O) groups is 2. The van der Waals surface area contributed by atoms with Crippen LogP contribution in [0, 0.1) is 0 Å². The maximum Gasteiger partial charge on any atom is 0.507 e. The van der Waals surface area contributed by atoms with E-state index < -0.39 is 12.1 Å². The fourth-order valence-electron chi connectivity index (χ4n) is 0.827. The first-order chi connectivity index (χ1) is 7.20. The summed E-state index contributed by atoms with van der Waals surface area (Å²) in [6.07, 6.45) is 2.74. The quantitative estimate of drug-likeness (QED) is 0.368. The molecule has 0 saturated carbocycles. The zero-order valence-corrected chi connectivity index (χ0v) is 8.86. The van der Waals surface area contributed by atoms with Crippen molar-refractivity contribution in [2.24, 2.45) is 0 Å². The summed E-state index contributed by atoms with van der Waals surface area (Å²) in [4.78, 5) is 21.1. The Balaban J connectivity index is 3.15. The summed E-state index contributed by atoms with van der Waals surface area (Å²) in [6.45, 7) is 3.96. The minimum absolute atomic E-state index is 0.322. The van der Waals surface area contributed by atoms with Crippen LogP contribution in [0.2, 0.25) is 0 Å². The Morgan fingerprint density at radius 1 is 1.13 bits per heavy atom. The molecule has 0 bridgehead atoms. The van der Waals surface area contributed by atoms with Crippen molar-refractivity contribution in [3.63, 3.8) is 0 Å². The van der Waals surface area contributed by atoms with Crippen LogP contribution < -0.4 is 0 Å². The van der Waals surface area contributed by atoms with E-state index >= 15 is 0 Å². The lowest BCUT2D eigenvalue weighted by Crippen LogP contribution is -2.06. The van der Waals surface area contributed by atoms with Crippen LogP contribution in [0.4, 0.5) is 4.79 Å². The highest BCUT2D eigenvalue weighted by molar-refractivity contribution is 5.81. The van der Waals surface area contributed by atoms with E-state index in [-0.39, 0.29) is 0 Å². The zero-order valence-electron chi connectivity index (χ0n) is 8.86. The molecule has 0 unspecified atom stereocenters. The van der Waals surface area contributed by atoms with Crippen LogP contribution >= 0.6 is 0 Å². The average Bonchev–Trinajstić information content (AvgIpc) is 2.26. The molecular formula is C10H16O5. The van der Waals surface area contributed by atoms with E-state index in [0.29, 0.717) is 13.2 Å². The lowest BCUT2D eigenvalue weighted by molar-refractivity contribution is -0.137. The van der Waals surface area contributed by atoms with Gasteiger partial charge in [-0.25, -0.2) is 9.59 Å². The highest BCUT2D eigenvalue weighted by Gasteiger charge is 1.99. The second kappa shape index (κ2) is 9.05. The molecular weight excluding hydrogens is 200 g/mol. The van der Waals surface area contributed by atoms with Crippen molar-refractivity contribution in [2.75, 3.05) is 20.3 Å². The van der Waals surface area contributed by atoms with E-state index in [2.05, 4.69) is 16.1 Å². The Labute approximate surface area is 89.0 Å². The number of esters is 1. The minimum Gasteiger partial charge on any atom is -0.463 e. The highest BCUT2D eigenvalue weighted by Crippen LogP contribution is 1.97. The van der Waals surface area contributed by atoms with Crippen LogP contribution in [0.5, 0.6) is 0 Å². The summed E-state index contributed by atoms with van der Waals surface area (Å²) in [5.74, 6) is -0.416. The maximum atomic E-state index is 10.6. The van der Waals surface area contributed by atoms with Crippen molar-refractivity contribution in [1.82, 2.24) is 0 Å². The summed E-state index contributed by atoms with van der Waals surface area (Å²) in [7, 11) is 1.26. The molecule has 0 aliphatic carbocycles. The molecule has 0 aliphatic rings. The topological polar surface area (TPSA) is 61.8 Å². The van der Waals surface area contributed by atoms with Crippen LogP contribution in [-0.4, -0.2) is 32.4 Å². The second-order valence-electron chi connectivity index (χ2n) is 2.73. The van der Waals surface area contributed by atoms with Crippen molar-refractivity contribution in [3.05, 3.63) is 12.7 Å². The van der Waals surface area contributed by atoms with E-state index in [1.165, 1.54) is 7.11 Å². The Bertz CT molecular complexity index is 212. The molecule has 0 atom stereocenters. The second-order valence-corrected chi connectivity index (χ2v) is 2.73. The molecule has 15 heavy (non-hydrogen) atoms.